The number of aromatic amines is 1. The van der Waals surface area contributed by atoms with Gasteiger partial charge in [-0.1, -0.05) is 43.0 Å². The van der Waals surface area contributed by atoms with Crippen molar-refractivity contribution in [1.82, 2.24) is 19.9 Å². The quantitative estimate of drug-likeness (QED) is 0.329. The molecule has 150 valence electrons. The summed E-state index contributed by atoms with van der Waals surface area (Å²) in [5.41, 5.74) is 2.51. The normalized spacial score (nSPS) is 13.8. The van der Waals surface area contributed by atoms with E-state index >= 15 is 0 Å². The van der Waals surface area contributed by atoms with Crippen molar-refractivity contribution in [3.05, 3.63) is 39.3 Å². The number of rotatable bonds is 7. The van der Waals surface area contributed by atoms with E-state index < -0.39 is 0 Å². The topological polar surface area (TPSA) is 95.0 Å². The fourth-order valence-electron chi connectivity index (χ4n) is 3.15. The van der Waals surface area contributed by atoms with Crippen molar-refractivity contribution < 1.29 is 5.21 Å². The molecule has 0 bridgehead atoms. The first-order valence-corrected chi connectivity index (χ1v) is 10.9. The number of hydrogen-bond acceptors (Lipinski definition) is 8. The Hall–Kier alpha value is -1.97. The number of aryl methyl sites for hydroxylation is 1. The van der Waals surface area contributed by atoms with E-state index in [2.05, 4.69) is 33.8 Å². The molecule has 9 heteroatoms. The molecule has 3 aromatic heterocycles. The number of fused-ring (bicyclic) bond motifs is 1. The third-order valence-corrected chi connectivity index (χ3v) is 6.24. The maximum absolute atomic E-state index is 11.9. The van der Waals surface area contributed by atoms with Crippen molar-refractivity contribution in [1.29, 1.82) is 0 Å². The van der Waals surface area contributed by atoms with Crippen LogP contribution in [0.2, 0.25) is 0 Å². The van der Waals surface area contributed by atoms with Gasteiger partial charge >= 0.3 is 4.87 Å². The van der Waals surface area contributed by atoms with Gasteiger partial charge < -0.3 is 0 Å². The highest BCUT2D eigenvalue weighted by atomic mass is 32.2. The van der Waals surface area contributed by atoms with Gasteiger partial charge in [-0.15, -0.1) is 0 Å². The summed E-state index contributed by atoms with van der Waals surface area (Å²) in [6, 6.07) is 3.80. The second-order valence-corrected chi connectivity index (χ2v) is 9.60. The van der Waals surface area contributed by atoms with E-state index in [1.165, 1.54) is 11.8 Å². The predicted octanol–water partition coefficient (Wildman–Crippen LogP) is 4.57. The maximum atomic E-state index is 11.9. The van der Waals surface area contributed by atoms with E-state index in [1.54, 1.807) is 6.20 Å². The number of aromatic nitrogens is 4. The van der Waals surface area contributed by atoms with Crippen LogP contribution in [0.15, 0.2) is 28.3 Å². The van der Waals surface area contributed by atoms with Crippen molar-refractivity contribution in [2.45, 2.75) is 57.5 Å². The molecule has 3 rings (SSSR count). The molecule has 1 unspecified atom stereocenters. The Morgan fingerprint density at radius 3 is 2.71 bits per heavy atom. The molecule has 0 saturated heterocycles. The lowest BCUT2D eigenvalue weighted by atomic mass is 10.1. The van der Waals surface area contributed by atoms with Crippen LogP contribution in [0.3, 0.4) is 0 Å². The highest BCUT2D eigenvalue weighted by Gasteiger charge is 2.22. The second-order valence-electron chi connectivity index (χ2n) is 7.31. The Kier molecular flexibility index (Phi) is 6.36. The number of H-pyrrole nitrogens is 1. The molecule has 2 N–H and O–H groups in total. The Morgan fingerprint density at radius 2 is 2.04 bits per heavy atom. The van der Waals surface area contributed by atoms with E-state index in [1.807, 2.05) is 32.9 Å². The number of thioether (sulfide) groups is 1. The summed E-state index contributed by atoms with van der Waals surface area (Å²) in [4.78, 5) is 28.0. The van der Waals surface area contributed by atoms with Gasteiger partial charge in [-0.2, -0.15) is 0 Å². The van der Waals surface area contributed by atoms with Crippen LogP contribution in [-0.4, -0.2) is 31.2 Å². The maximum Gasteiger partial charge on any atom is 0.306 e. The van der Waals surface area contributed by atoms with Gasteiger partial charge in [0, 0.05) is 6.20 Å². The summed E-state index contributed by atoms with van der Waals surface area (Å²) >= 11 is 2.46. The van der Waals surface area contributed by atoms with E-state index in [9.17, 15) is 10.0 Å². The van der Waals surface area contributed by atoms with Crippen LogP contribution in [0.1, 0.15) is 50.6 Å². The molecule has 0 radical (unpaired) electrons. The van der Waals surface area contributed by atoms with Gasteiger partial charge in [0.2, 0.25) is 0 Å². The molecule has 2 atom stereocenters. The van der Waals surface area contributed by atoms with Gasteiger partial charge in [0.25, 0.3) is 0 Å². The van der Waals surface area contributed by atoms with Crippen LogP contribution in [0, 0.1) is 12.8 Å². The first-order valence-electron chi connectivity index (χ1n) is 9.23. The average molecular weight is 420 g/mol. The highest BCUT2D eigenvalue weighted by Crippen LogP contribution is 2.36. The lowest BCUT2D eigenvalue weighted by Crippen LogP contribution is -2.31. The van der Waals surface area contributed by atoms with Crippen LogP contribution in [-0.2, 0) is 0 Å². The SMILES string of the molecule is Cc1cccnc1C(C)Sc1nc(N(O)[C@H](C)CC(C)C)c2sc(=O)[nH]c2n1. The molecule has 0 spiro atoms. The molecule has 0 fully saturated rings. The van der Waals surface area contributed by atoms with Crippen molar-refractivity contribution in [3.63, 3.8) is 0 Å². The Balaban J connectivity index is 1.98. The lowest BCUT2D eigenvalue weighted by molar-refractivity contribution is 0.206. The molecule has 0 saturated carbocycles. The standard InChI is InChI=1S/C19H25N5O2S2/c1-10(2)9-12(4)24(26)17-15-16(22-19(25)28-15)21-18(23-17)27-13(5)14-11(3)7-6-8-20-14/h6-8,10,12-13,26H,9H2,1-5H3,(H,21,22,23,25)/t12-,13?/m1/s1. The van der Waals surface area contributed by atoms with Gasteiger partial charge in [0.05, 0.1) is 17.0 Å². The van der Waals surface area contributed by atoms with Crippen LogP contribution in [0.4, 0.5) is 5.82 Å². The van der Waals surface area contributed by atoms with Gasteiger partial charge in [0.15, 0.2) is 16.6 Å². The molecular weight excluding hydrogens is 394 g/mol. The molecule has 0 aliphatic heterocycles. The van der Waals surface area contributed by atoms with E-state index in [4.69, 9.17) is 0 Å². The lowest BCUT2D eigenvalue weighted by Gasteiger charge is -2.25. The number of nitrogens with zero attached hydrogens (tertiary/aromatic N) is 4. The smallest absolute Gasteiger partial charge is 0.297 e. The van der Waals surface area contributed by atoms with Crippen LogP contribution in [0.5, 0.6) is 0 Å². The molecular formula is C19H25N5O2S2. The minimum atomic E-state index is -0.216. The summed E-state index contributed by atoms with van der Waals surface area (Å²) in [7, 11) is 0. The van der Waals surface area contributed by atoms with Gasteiger partial charge in [-0.3, -0.25) is 20.0 Å². The Labute approximate surface area is 172 Å². The summed E-state index contributed by atoms with van der Waals surface area (Å²) in [5, 5.41) is 12.5. The van der Waals surface area contributed by atoms with Gasteiger partial charge in [-0.05, 0) is 44.7 Å². The third-order valence-electron chi connectivity index (χ3n) is 4.41. The first kappa shape index (κ1) is 20.8. The highest BCUT2D eigenvalue weighted by molar-refractivity contribution is 7.99. The third kappa shape index (κ3) is 4.53. The fourth-order valence-corrected chi connectivity index (χ4v) is 4.86. The minimum absolute atomic E-state index is 0.0251. The molecule has 0 aliphatic carbocycles. The predicted molar refractivity (Wildman–Crippen MR) is 114 cm³/mol. The van der Waals surface area contributed by atoms with Crippen molar-refractivity contribution in [3.8, 4) is 0 Å². The number of thiazole rings is 1. The molecule has 28 heavy (non-hydrogen) atoms. The van der Waals surface area contributed by atoms with Crippen LogP contribution in [0.25, 0.3) is 10.3 Å². The number of hydroxylamine groups is 1. The molecule has 0 amide bonds. The number of pyridine rings is 1. The van der Waals surface area contributed by atoms with E-state index in [0.29, 0.717) is 27.2 Å². The first-order chi connectivity index (χ1) is 13.3. The van der Waals surface area contributed by atoms with Crippen molar-refractivity contribution in [2.24, 2.45) is 5.92 Å². The molecule has 7 nitrogen and oxygen atoms in total. The molecule has 0 aromatic carbocycles. The zero-order chi connectivity index (χ0) is 20.4. The molecule has 3 aromatic rings. The second kappa shape index (κ2) is 8.59. The largest absolute Gasteiger partial charge is 0.306 e. The number of nitrogens with one attached hydrogen (secondary N) is 1. The average Bonchev–Trinajstić information content (AvgIpc) is 3.00. The minimum Gasteiger partial charge on any atom is -0.297 e. The fraction of sp³-hybridized carbons (Fsp3) is 0.474. The monoisotopic (exact) mass is 419 g/mol. The summed E-state index contributed by atoms with van der Waals surface area (Å²) in [6.45, 7) is 10.2. The van der Waals surface area contributed by atoms with Crippen LogP contribution < -0.4 is 9.94 Å². The van der Waals surface area contributed by atoms with E-state index in [0.717, 1.165) is 34.1 Å². The van der Waals surface area contributed by atoms with Gasteiger partial charge in [-0.25, -0.2) is 15.0 Å². The molecule has 3 heterocycles. The van der Waals surface area contributed by atoms with Gasteiger partial charge in [0.1, 0.15) is 4.70 Å². The van der Waals surface area contributed by atoms with E-state index in [-0.39, 0.29) is 16.2 Å². The summed E-state index contributed by atoms with van der Waals surface area (Å²) in [6.07, 6.45) is 2.57. The zero-order valence-corrected chi connectivity index (χ0v) is 18.3. The number of anilines is 1. The zero-order valence-electron chi connectivity index (χ0n) is 16.6. The molecule has 0 aliphatic rings. The summed E-state index contributed by atoms with van der Waals surface area (Å²) < 4.78 is 0.564. The van der Waals surface area contributed by atoms with Crippen molar-refractivity contribution >= 4 is 39.3 Å². The Morgan fingerprint density at radius 1 is 1.29 bits per heavy atom. The van der Waals surface area contributed by atoms with Crippen molar-refractivity contribution in [2.75, 3.05) is 5.06 Å². The number of hydrogen-bond donors (Lipinski definition) is 2. The van der Waals surface area contributed by atoms with Crippen LogP contribution >= 0.6 is 23.1 Å². The summed E-state index contributed by atoms with van der Waals surface area (Å²) in [5.74, 6) is 0.793. The Bertz CT molecular complexity index is 1020.